The smallest absolute Gasteiger partial charge is 0.243 e. The minimum Gasteiger partial charge on any atom is -0.350 e. The summed E-state index contributed by atoms with van der Waals surface area (Å²) in [5.41, 5.74) is 3.20. The van der Waals surface area contributed by atoms with Crippen LogP contribution in [0.5, 0.6) is 0 Å². The minimum absolute atomic E-state index is 0.144. The molecule has 0 aliphatic rings. The van der Waals surface area contributed by atoms with Crippen LogP contribution in [-0.4, -0.2) is 56.1 Å². The lowest BCUT2D eigenvalue weighted by Gasteiger charge is -2.33. The van der Waals surface area contributed by atoms with Crippen LogP contribution < -0.4 is 9.62 Å². The molecule has 0 radical (unpaired) electrons. The Bertz CT molecular complexity index is 1160. The molecule has 1 unspecified atom stereocenters. The standard InChI is InChI=1S/C29H43N3O4S/c1-8-25(28(34)30-29(4,5)6)31(21-19-24-15-10-9-11-16-24)27(33)18-13-20-32(37(7,35)36)26-17-12-14-22(2)23(26)3/h9-12,14-17,25H,8,13,18-21H2,1-7H3,(H,30,34). The zero-order valence-corrected chi connectivity index (χ0v) is 24.2. The molecular formula is C29H43N3O4S. The lowest BCUT2D eigenvalue weighted by atomic mass is 10.0. The number of carbonyl (C=O) groups is 2. The van der Waals surface area contributed by atoms with Crippen molar-refractivity contribution in [2.24, 2.45) is 0 Å². The highest BCUT2D eigenvalue weighted by atomic mass is 32.2. The summed E-state index contributed by atoms with van der Waals surface area (Å²) in [5.74, 6) is -0.328. The Morgan fingerprint density at radius 2 is 1.62 bits per heavy atom. The van der Waals surface area contributed by atoms with Crippen molar-refractivity contribution >= 4 is 27.5 Å². The van der Waals surface area contributed by atoms with Crippen LogP contribution in [0.3, 0.4) is 0 Å². The number of hydrogen-bond donors (Lipinski definition) is 1. The van der Waals surface area contributed by atoms with Gasteiger partial charge in [-0.1, -0.05) is 49.4 Å². The number of hydrogen-bond acceptors (Lipinski definition) is 4. The molecule has 0 saturated carbocycles. The second-order valence-electron chi connectivity index (χ2n) is 10.6. The predicted octanol–water partition coefficient (Wildman–Crippen LogP) is 4.61. The summed E-state index contributed by atoms with van der Waals surface area (Å²) >= 11 is 0. The van der Waals surface area contributed by atoms with Gasteiger partial charge >= 0.3 is 0 Å². The van der Waals surface area contributed by atoms with E-state index in [4.69, 9.17) is 0 Å². The zero-order valence-electron chi connectivity index (χ0n) is 23.4. The van der Waals surface area contributed by atoms with E-state index in [0.717, 1.165) is 16.7 Å². The molecular weight excluding hydrogens is 486 g/mol. The van der Waals surface area contributed by atoms with Crippen molar-refractivity contribution in [1.29, 1.82) is 0 Å². The number of carbonyl (C=O) groups excluding carboxylic acids is 2. The van der Waals surface area contributed by atoms with Gasteiger partial charge in [-0.2, -0.15) is 0 Å². The van der Waals surface area contributed by atoms with Crippen molar-refractivity contribution in [2.75, 3.05) is 23.7 Å². The van der Waals surface area contributed by atoms with Crippen LogP contribution in [0.2, 0.25) is 0 Å². The summed E-state index contributed by atoms with van der Waals surface area (Å²) in [7, 11) is -3.53. The molecule has 2 aromatic rings. The number of benzene rings is 2. The fourth-order valence-corrected chi connectivity index (χ4v) is 5.35. The Kier molecular flexibility index (Phi) is 10.7. The maximum atomic E-state index is 13.5. The third-order valence-corrected chi connectivity index (χ3v) is 7.55. The van der Waals surface area contributed by atoms with Crippen molar-refractivity contribution < 1.29 is 18.0 Å². The quantitative estimate of drug-likeness (QED) is 0.435. The van der Waals surface area contributed by atoms with E-state index >= 15 is 0 Å². The molecule has 0 saturated heterocycles. The SMILES string of the molecule is CCC(C(=O)NC(C)(C)C)N(CCc1ccccc1)C(=O)CCCN(c1cccc(C)c1C)S(C)(=O)=O. The van der Waals surface area contributed by atoms with Gasteiger partial charge in [-0.25, -0.2) is 8.42 Å². The molecule has 7 nitrogen and oxygen atoms in total. The molecule has 0 aliphatic carbocycles. The predicted molar refractivity (Wildman–Crippen MR) is 151 cm³/mol. The summed E-state index contributed by atoms with van der Waals surface area (Å²) in [6.07, 6.45) is 2.79. The van der Waals surface area contributed by atoms with Crippen LogP contribution in [0, 0.1) is 13.8 Å². The van der Waals surface area contributed by atoms with Crippen LogP contribution in [0.1, 0.15) is 63.6 Å². The number of aryl methyl sites for hydroxylation is 1. The van der Waals surface area contributed by atoms with E-state index < -0.39 is 21.6 Å². The van der Waals surface area contributed by atoms with Crippen molar-refractivity contribution in [3.8, 4) is 0 Å². The van der Waals surface area contributed by atoms with E-state index in [1.54, 1.807) is 11.0 Å². The van der Waals surface area contributed by atoms with Crippen LogP contribution in [0.25, 0.3) is 0 Å². The van der Waals surface area contributed by atoms with E-state index in [2.05, 4.69) is 5.32 Å². The van der Waals surface area contributed by atoms with E-state index in [0.29, 0.717) is 31.5 Å². The Balaban J connectivity index is 2.21. The van der Waals surface area contributed by atoms with Gasteiger partial charge in [0.25, 0.3) is 0 Å². The largest absolute Gasteiger partial charge is 0.350 e. The van der Waals surface area contributed by atoms with E-state index in [1.807, 2.05) is 84.0 Å². The molecule has 0 aliphatic heterocycles. The fourth-order valence-electron chi connectivity index (χ4n) is 4.34. The number of nitrogens with zero attached hydrogens (tertiary/aromatic N) is 2. The van der Waals surface area contributed by atoms with Gasteiger partial charge in [0.2, 0.25) is 21.8 Å². The van der Waals surface area contributed by atoms with Gasteiger partial charge in [-0.05, 0) is 76.6 Å². The summed E-state index contributed by atoms with van der Waals surface area (Å²) in [4.78, 5) is 28.3. The van der Waals surface area contributed by atoms with E-state index in [-0.39, 0.29) is 24.8 Å². The first kappa shape index (κ1) is 30.4. The topological polar surface area (TPSA) is 86.8 Å². The van der Waals surface area contributed by atoms with Gasteiger partial charge in [0.05, 0.1) is 11.9 Å². The highest BCUT2D eigenvalue weighted by Gasteiger charge is 2.30. The zero-order chi connectivity index (χ0) is 27.8. The summed E-state index contributed by atoms with van der Waals surface area (Å²) in [5, 5.41) is 3.01. The maximum absolute atomic E-state index is 13.5. The number of rotatable bonds is 12. The lowest BCUT2D eigenvalue weighted by molar-refractivity contribution is -0.141. The summed E-state index contributed by atoms with van der Waals surface area (Å²) in [6.45, 7) is 12.1. The monoisotopic (exact) mass is 529 g/mol. The second-order valence-corrected chi connectivity index (χ2v) is 12.6. The molecule has 0 aromatic heterocycles. The first-order valence-electron chi connectivity index (χ1n) is 12.9. The van der Waals surface area contributed by atoms with Crippen molar-refractivity contribution in [2.45, 2.75) is 78.8 Å². The molecule has 2 rings (SSSR count). The average molecular weight is 530 g/mol. The first-order chi connectivity index (χ1) is 17.2. The molecule has 2 aromatic carbocycles. The average Bonchev–Trinajstić information content (AvgIpc) is 2.80. The van der Waals surface area contributed by atoms with Crippen LogP contribution in [-0.2, 0) is 26.0 Å². The van der Waals surface area contributed by atoms with Crippen LogP contribution in [0.15, 0.2) is 48.5 Å². The highest BCUT2D eigenvalue weighted by Crippen LogP contribution is 2.25. The number of anilines is 1. The van der Waals surface area contributed by atoms with Gasteiger partial charge in [-0.15, -0.1) is 0 Å². The molecule has 8 heteroatoms. The molecule has 1 N–H and O–H groups in total. The van der Waals surface area contributed by atoms with E-state index in [9.17, 15) is 18.0 Å². The van der Waals surface area contributed by atoms with Gasteiger partial charge in [0.15, 0.2) is 0 Å². The van der Waals surface area contributed by atoms with Crippen LogP contribution in [0.4, 0.5) is 5.69 Å². The number of sulfonamides is 1. The molecule has 2 amide bonds. The third-order valence-electron chi connectivity index (χ3n) is 6.37. The molecule has 0 bridgehead atoms. The van der Waals surface area contributed by atoms with Gasteiger partial charge < -0.3 is 10.2 Å². The van der Waals surface area contributed by atoms with Crippen molar-refractivity contribution in [1.82, 2.24) is 10.2 Å². The third kappa shape index (κ3) is 9.18. The first-order valence-corrected chi connectivity index (χ1v) is 14.8. The Morgan fingerprint density at radius 3 is 2.19 bits per heavy atom. The summed E-state index contributed by atoms with van der Waals surface area (Å²) in [6, 6.07) is 14.9. The minimum atomic E-state index is -3.53. The van der Waals surface area contributed by atoms with Gasteiger partial charge in [0.1, 0.15) is 6.04 Å². The molecule has 0 heterocycles. The number of amides is 2. The maximum Gasteiger partial charge on any atom is 0.243 e. The van der Waals surface area contributed by atoms with Crippen molar-refractivity contribution in [3.63, 3.8) is 0 Å². The Hall–Kier alpha value is -2.87. The van der Waals surface area contributed by atoms with Crippen molar-refractivity contribution in [3.05, 3.63) is 65.2 Å². The van der Waals surface area contributed by atoms with E-state index in [1.165, 1.54) is 10.6 Å². The normalized spacial score (nSPS) is 12.6. The molecule has 37 heavy (non-hydrogen) atoms. The van der Waals surface area contributed by atoms with Gasteiger partial charge in [-0.3, -0.25) is 13.9 Å². The second kappa shape index (κ2) is 13.1. The summed E-state index contributed by atoms with van der Waals surface area (Å²) < 4.78 is 26.6. The number of nitrogens with one attached hydrogen (secondary N) is 1. The van der Waals surface area contributed by atoms with Crippen LogP contribution >= 0.6 is 0 Å². The Labute approximate surface area is 223 Å². The molecule has 0 fully saturated rings. The van der Waals surface area contributed by atoms with Gasteiger partial charge in [0, 0.05) is 25.0 Å². The molecule has 0 spiro atoms. The molecule has 1 atom stereocenters. The Morgan fingerprint density at radius 1 is 0.973 bits per heavy atom. The molecule has 204 valence electrons. The highest BCUT2D eigenvalue weighted by molar-refractivity contribution is 7.92. The lowest BCUT2D eigenvalue weighted by Crippen LogP contribution is -2.54. The fraction of sp³-hybridized carbons (Fsp3) is 0.517.